The van der Waals surface area contributed by atoms with Gasteiger partial charge in [0.1, 0.15) is 0 Å². The van der Waals surface area contributed by atoms with Crippen molar-refractivity contribution in [3.05, 3.63) is 0 Å². The summed E-state index contributed by atoms with van der Waals surface area (Å²) >= 11 is 0. The lowest BCUT2D eigenvalue weighted by atomic mass is 10.1. The van der Waals surface area contributed by atoms with E-state index >= 15 is 0 Å². The van der Waals surface area contributed by atoms with E-state index in [1.54, 1.807) is 9.80 Å². The Morgan fingerprint density at radius 3 is 2.69 bits per heavy atom. The molecule has 0 aromatic heterocycles. The van der Waals surface area contributed by atoms with Crippen molar-refractivity contribution in [3.63, 3.8) is 0 Å². The second-order valence-electron chi connectivity index (χ2n) is 4.71. The summed E-state index contributed by atoms with van der Waals surface area (Å²) in [5.74, 6) is 0.0672. The lowest BCUT2D eigenvalue weighted by Gasteiger charge is -2.34. The molecule has 2 heterocycles. The fourth-order valence-corrected chi connectivity index (χ4v) is 1.87. The number of piperazine rings is 1. The van der Waals surface area contributed by atoms with E-state index in [9.17, 15) is 9.59 Å². The standard InChI is InChI=1S/C11H18N2O3/c1-8(2)11(15)13-4-3-12(10(14)6-13)5-9-7-16-9/h8-9H,3-7H2,1-2H3. The highest BCUT2D eigenvalue weighted by atomic mass is 16.6. The van der Waals surface area contributed by atoms with Gasteiger partial charge in [0, 0.05) is 25.6 Å². The van der Waals surface area contributed by atoms with Crippen molar-refractivity contribution in [1.29, 1.82) is 0 Å². The van der Waals surface area contributed by atoms with Crippen LogP contribution in [0, 0.1) is 5.92 Å². The molecule has 0 spiro atoms. The van der Waals surface area contributed by atoms with E-state index < -0.39 is 0 Å². The molecule has 2 aliphatic rings. The Hall–Kier alpha value is -1.10. The molecule has 1 atom stereocenters. The molecular formula is C11H18N2O3. The fourth-order valence-electron chi connectivity index (χ4n) is 1.87. The highest BCUT2D eigenvalue weighted by molar-refractivity contribution is 5.86. The Kier molecular flexibility index (Phi) is 3.14. The topological polar surface area (TPSA) is 53.2 Å². The first kappa shape index (κ1) is 11.4. The Bertz CT molecular complexity index is 300. The van der Waals surface area contributed by atoms with E-state index in [0.29, 0.717) is 19.6 Å². The second kappa shape index (κ2) is 4.41. The van der Waals surface area contributed by atoms with Gasteiger partial charge in [-0.1, -0.05) is 13.8 Å². The summed E-state index contributed by atoms with van der Waals surface area (Å²) in [4.78, 5) is 26.9. The van der Waals surface area contributed by atoms with Gasteiger partial charge >= 0.3 is 0 Å². The lowest BCUT2D eigenvalue weighted by Crippen LogP contribution is -2.53. The lowest BCUT2D eigenvalue weighted by molar-refractivity contribution is -0.147. The minimum absolute atomic E-state index is 0.0360. The largest absolute Gasteiger partial charge is 0.371 e. The zero-order valence-corrected chi connectivity index (χ0v) is 9.81. The third-order valence-electron chi connectivity index (χ3n) is 2.95. The van der Waals surface area contributed by atoms with Crippen LogP contribution < -0.4 is 0 Å². The monoisotopic (exact) mass is 226 g/mol. The van der Waals surface area contributed by atoms with Crippen LogP contribution in [0.1, 0.15) is 13.8 Å². The molecule has 2 saturated heterocycles. The quantitative estimate of drug-likeness (QED) is 0.621. The van der Waals surface area contributed by atoms with Crippen LogP contribution in [-0.2, 0) is 14.3 Å². The zero-order chi connectivity index (χ0) is 11.7. The predicted octanol–water partition coefficient (Wildman–Crippen LogP) is -0.288. The molecule has 0 aromatic rings. The highest BCUT2D eigenvalue weighted by Crippen LogP contribution is 2.14. The molecule has 0 aromatic carbocycles. The van der Waals surface area contributed by atoms with Crippen LogP contribution in [0.2, 0.25) is 0 Å². The minimum atomic E-state index is -0.0360. The maximum atomic E-state index is 11.8. The average molecular weight is 226 g/mol. The number of epoxide rings is 1. The summed E-state index contributed by atoms with van der Waals surface area (Å²) in [6, 6.07) is 0. The Balaban J connectivity index is 1.86. The third-order valence-corrected chi connectivity index (χ3v) is 2.95. The Morgan fingerprint density at radius 2 is 2.19 bits per heavy atom. The third kappa shape index (κ3) is 2.52. The van der Waals surface area contributed by atoms with Crippen LogP contribution in [0.15, 0.2) is 0 Å². The van der Waals surface area contributed by atoms with Gasteiger partial charge in [-0.15, -0.1) is 0 Å². The molecule has 5 nitrogen and oxygen atoms in total. The number of ether oxygens (including phenoxy) is 1. The van der Waals surface area contributed by atoms with Crippen LogP contribution in [0.5, 0.6) is 0 Å². The van der Waals surface area contributed by atoms with Gasteiger partial charge in [0.15, 0.2) is 0 Å². The number of carbonyl (C=O) groups excluding carboxylic acids is 2. The molecule has 2 rings (SSSR count). The summed E-state index contributed by atoms with van der Waals surface area (Å²) in [7, 11) is 0. The number of hydrogen-bond donors (Lipinski definition) is 0. The van der Waals surface area contributed by atoms with Crippen LogP contribution in [0.25, 0.3) is 0 Å². The molecular weight excluding hydrogens is 208 g/mol. The highest BCUT2D eigenvalue weighted by Gasteiger charge is 2.32. The minimum Gasteiger partial charge on any atom is -0.371 e. The molecule has 90 valence electrons. The molecule has 5 heteroatoms. The predicted molar refractivity (Wildman–Crippen MR) is 57.7 cm³/mol. The van der Waals surface area contributed by atoms with E-state index in [2.05, 4.69) is 0 Å². The van der Waals surface area contributed by atoms with Gasteiger partial charge in [-0.2, -0.15) is 0 Å². The van der Waals surface area contributed by atoms with Crippen molar-refractivity contribution in [2.75, 3.05) is 32.8 Å². The summed E-state index contributed by atoms with van der Waals surface area (Å²) < 4.78 is 5.10. The van der Waals surface area contributed by atoms with Crippen LogP contribution in [0.4, 0.5) is 0 Å². The fraction of sp³-hybridized carbons (Fsp3) is 0.818. The Labute approximate surface area is 95.3 Å². The molecule has 2 fully saturated rings. The smallest absolute Gasteiger partial charge is 0.242 e. The average Bonchev–Trinajstić information content (AvgIpc) is 3.03. The number of hydrogen-bond acceptors (Lipinski definition) is 3. The van der Waals surface area contributed by atoms with E-state index in [4.69, 9.17) is 4.74 Å². The molecule has 2 aliphatic heterocycles. The SMILES string of the molecule is CC(C)C(=O)N1CCN(CC2CO2)C(=O)C1. The van der Waals surface area contributed by atoms with Crippen molar-refractivity contribution in [3.8, 4) is 0 Å². The van der Waals surface area contributed by atoms with E-state index in [1.807, 2.05) is 13.8 Å². The second-order valence-corrected chi connectivity index (χ2v) is 4.71. The summed E-state index contributed by atoms with van der Waals surface area (Å²) in [5.41, 5.74) is 0. The van der Waals surface area contributed by atoms with Crippen molar-refractivity contribution in [2.24, 2.45) is 5.92 Å². The van der Waals surface area contributed by atoms with Gasteiger partial charge in [0.05, 0.1) is 19.3 Å². The van der Waals surface area contributed by atoms with Crippen molar-refractivity contribution in [2.45, 2.75) is 20.0 Å². The van der Waals surface area contributed by atoms with Gasteiger partial charge < -0.3 is 14.5 Å². The van der Waals surface area contributed by atoms with Gasteiger partial charge in [0.25, 0.3) is 0 Å². The van der Waals surface area contributed by atoms with Crippen molar-refractivity contribution in [1.82, 2.24) is 9.80 Å². The van der Waals surface area contributed by atoms with E-state index in [-0.39, 0.29) is 30.4 Å². The number of carbonyl (C=O) groups is 2. The van der Waals surface area contributed by atoms with Gasteiger partial charge in [-0.3, -0.25) is 9.59 Å². The summed E-state index contributed by atoms with van der Waals surface area (Å²) in [6.07, 6.45) is 0.233. The number of amides is 2. The first-order valence-electron chi connectivity index (χ1n) is 5.76. The van der Waals surface area contributed by atoms with E-state index in [0.717, 1.165) is 6.61 Å². The number of rotatable bonds is 3. The molecule has 1 unspecified atom stereocenters. The molecule has 16 heavy (non-hydrogen) atoms. The van der Waals surface area contributed by atoms with Gasteiger partial charge in [-0.05, 0) is 0 Å². The summed E-state index contributed by atoms with van der Waals surface area (Å²) in [5, 5.41) is 0. The molecule has 0 saturated carbocycles. The normalized spacial score (nSPS) is 25.2. The van der Waals surface area contributed by atoms with E-state index in [1.165, 1.54) is 0 Å². The molecule has 2 amide bonds. The van der Waals surface area contributed by atoms with Gasteiger partial charge in [-0.25, -0.2) is 0 Å². The first-order valence-corrected chi connectivity index (χ1v) is 5.76. The van der Waals surface area contributed by atoms with Crippen LogP contribution >= 0.6 is 0 Å². The first-order chi connectivity index (χ1) is 7.58. The number of nitrogens with zero attached hydrogens (tertiary/aromatic N) is 2. The molecule has 0 N–H and O–H groups in total. The summed E-state index contributed by atoms with van der Waals surface area (Å²) in [6.45, 7) is 6.67. The van der Waals surface area contributed by atoms with Crippen molar-refractivity contribution >= 4 is 11.8 Å². The van der Waals surface area contributed by atoms with Crippen molar-refractivity contribution < 1.29 is 14.3 Å². The molecule has 0 bridgehead atoms. The van der Waals surface area contributed by atoms with Gasteiger partial charge in [0.2, 0.25) is 11.8 Å². The van der Waals surface area contributed by atoms with Crippen LogP contribution in [0.3, 0.4) is 0 Å². The molecule has 0 radical (unpaired) electrons. The zero-order valence-electron chi connectivity index (χ0n) is 9.81. The Morgan fingerprint density at radius 1 is 1.50 bits per heavy atom. The molecule has 0 aliphatic carbocycles. The maximum Gasteiger partial charge on any atom is 0.242 e. The van der Waals surface area contributed by atoms with Crippen LogP contribution in [-0.4, -0.2) is 60.5 Å². The maximum absolute atomic E-state index is 11.8.